The van der Waals surface area contributed by atoms with Crippen molar-refractivity contribution < 1.29 is 4.79 Å². The molecule has 3 heterocycles. The topological polar surface area (TPSA) is 98.9 Å². The monoisotopic (exact) mass is 505 g/mol. The van der Waals surface area contributed by atoms with E-state index < -0.39 is 5.41 Å². The highest BCUT2D eigenvalue weighted by Gasteiger charge is 2.40. The molecule has 1 aliphatic heterocycles. The molecule has 35 heavy (non-hydrogen) atoms. The first-order valence-corrected chi connectivity index (χ1v) is 13.1. The van der Waals surface area contributed by atoms with Gasteiger partial charge in [0, 0.05) is 18.7 Å². The number of nitrogens with one attached hydrogen (secondary N) is 2. The second-order valence-corrected chi connectivity index (χ2v) is 10.8. The quantitative estimate of drug-likeness (QED) is 0.268. The second-order valence-electron chi connectivity index (χ2n) is 9.04. The molecule has 5 rings (SSSR count). The molecule has 1 unspecified atom stereocenters. The maximum atomic E-state index is 13.2. The lowest BCUT2D eigenvalue weighted by Crippen LogP contribution is -2.42. The number of imidazole rings is 1. The number of hydrogen-bond donors (Lipinski definition) is 3. The zero-order valence-corrected chi connectivity index (χ0v) is 21.2. The molecule has 1 aliphatic rings. The van der Waals surface area contributed by atoms with Crippen molar-refractivity contribution in [3.63, 3.8) is 0 Å². The molecule has 6 nitrogen and oxygen atoms in total. The fourth-order valence-electron chi connectivity index (χ4n) is 5.11. The van der Waals surface area contributed by atoms with Gasteiger partial charge < -0.3 is 15.6 Å². The molecule has 0 bridgehead atoms. The summed E-state index contributed by atoms with van der Waals surface area (Å²) in [6, 6.07) is 17.7. The number of rotatable bonds is 7. The standard InChI is InChI=1S/C27H28ClN5OS/c1-2-14-27(26(30)34,17-6-9-19(10-7-17)33-15-4-3-5-24(33)29)18-8-11-20-21(16-18)32-25(31-20)22-12-13-23(28)35-22/h6-13,16,29H,2-5,14-15H2,1H3,(H2,30,34)(H,31,32). The van der Waals surface area contributed by atoms with Crippen molar-refractivity contribution >= 4 is 51.4 Å². The minimum atomic E-state index is -0.964. The Kier molecular flexibility index (Phi) is 6.38. The molecule has 1 fully saturated rings. The molecule has 180 valence electrons. The third-order valence-electron chi connectivity index (χ3n) is 6.87. The number of nitrogens with zero attached hydrogens (tertiary/aromatic N) is 2. The van der Waals surface area contributed by atoms with Crippen molar-refractivity contribution in [2.45, 2.75) is 44.4 Å². The number of H-pyrrole nitrogens is 1. The Morgan fingerprint density at radius 1 is 1.17 bits per heavy atom. The number of piperidine rings is 1. The molecule has 0 spiro atoms. The van der Waals surface area contributed by atoms with E-state index in [1.807, 2.05) is 59.5 Å². The summed E-state index contributed by atoms with van der Waals surface area (Å²) in [7, 11) is 0. The zero-order chi connectivity index (χ0) is 24.6. The van der Waals surface area contributed by atoms with Gasteiger partial charge in [0.05, 0.1) is 25.7 Å². The number of aromatic amines is 1. The van der Waals surface area contributed by atoms with Crippen molar-refractivity contribution in [3.8, 4) is 10.7 Å². The summed E-state index contributed by atoms with van der Waals surface area (Å²) >= 11 is 7.58. The van der Waals surface area contributed by atoms with Gasteiger partial charge in [0.1, 0.15) is 11.7 Å². The highest BCUT2D eigenvalue weighted by molar-refractivity contribution is 7.19. The molecule has 0 radical (unpaired) electrons. The van der Waals surface area contributed by atoms with Gasteiger partial charge in [0.25, 0.3) is 0 Å². The van der Waals surface area contributed by atoms with Crippen LogP contribution in [0.3, 0.4) is 0 Å². The number of carbonyl (C=O) groups is 1. The van der Waals surface area contributed by atoms with E-state index in [2.05, 4.69) is 11.9 Å². The normalized spacial score (nSPS) is 15.9. The third-order valence-corrected chi connectivity index (χ3v) is 8.11. The van der Waals surface area contributed by atoms with Crippen molar-refractivity contribution in [2.75, 3.05) is 11.4 Å². The van der Waals surface area contributed by atoms with Gasteiger partial charge in [0.2, 0.25) is 5.91 Å². The maximum Gasteiger partial charge on any atom is 0.232 e. The van der Waals surface area contributed by atoms with Crippen LogP contribution in [0, 0.1) is 5.41 Å². The minimum absolute atomic E-state index is 0.373. The van der Waals surface area contributed by atoms with E-state index in [0.29, 0.717) is 16.6 Å². The second kappa shape index (κ2) is 9.47. The number of carbonyl (C=O) groups excluding carboxylic acids is 1. The lowest BCUT2D eigenvalue weighted by molar-refractivity contribution is -0.122. The number of aromatic nitrogens is 2. The fraction of sp³-hybridized carbons (Fsp3) is 0.296. The van der Waals surface area contributed by atoms with Crippen LogP contribution < -0.4 is 10.6 Å². The number of nitrogens with two attached hydrogens (primary N) is 1. The van der Waals surface area contributed by atoms with Gasteiger partial charge >= 0.3 is 0 Å². The van der Waals surface area contributed by atoms with Gasteiger partial charge in [-0.3, -0.25) is 10.2 Å². The Balaban J connectivity index is 1.57. The van der Waals surface area contributed by atoms with Crippen molar-refractivity contribution in [2.24, 2.45) is 5.73 Å². The van der Waals surface area contributed by atoms with Crippen LogP contribution in [0.25, 0.3) is 21.7 Å². The van der Waals surface area contributed by atoms with Gasteiger partial charge in [0.15, 0.2) is 0 Å². The van der Waals surface area contributed by atoms with Crippen LogP contribution in [-0.2, 0) is 10.2 Å². The molecular weight excluding hydrogens is 478 g/mol. The lowest BCUT2D eigenvalue weighted by atomic mass is 9.70. The Morgan fingerprint density at radius 2 is 1.94 bits per heavy atom. The van der Waals surface area contributed by atoms with Crippen LogP contribution >= 0.6 is 22.9 Å². The highest BCUT2D eigenvalue weighted by atomic mass is 35.5. The van der Waals surface area contributed by atoms with Crippen molar-refractivity contribution in [3.05, 3.63) is 70.1 Å². The number of fused-ring (bicyclic) bond motifs is 1. The number of halogens is 1. The van der Waals surface area contributed by atoms with Gasteiger partial charge in [-0.05, 0) is 66.8 Å². The Labute approximate surface area is 213 Å². The zero-order valence-electron chi connectivity index (χ0n) is 19.6. The molecule has 4 aromatic rings. The summed E-state index contributed by atoms with van der Waals surface area (Å²) in [5, 5.41) is 8.31. The summed E-state index contributed by atoms with van der Waals surface area (Å²) in [6.45, 7) is 2.91. The summed E-state index contributed by atoms with van der Waals surface area (Å²) in [4.78, 5) is 24.3. The van der Waals surface area contributed by atoms with Crippen LogP contribution in [0.15, 0.2) is 54.6 Å². The number of benzene rings is 2. The van der Waals surface area contributed by atoms with E-state index in [9.17, 15) is 4.79 Å². The molecule has 2 aromatic heterocycles. The predicted molar refractivity (Wildman–Crippen MR) is 145 cm³/mol. The summed E-state index contributed by atoms with van der Waals surface area (Å²) in [5.74, 6) is 1.02. The van der Waals surface area contributed by atoms with E-state index in [4.69, 9.17) is 27.7 Å². The Hall–Kier alpha value is -3.16. The number of anilines is 1. The minimum Gasteiger partial charge on any atom is -0.369 e. The van der Waals surface area contributed by atoms with E-state index in [-0.39, 0.29) is 5.91 Å². The fourth-order valence-corrected chi connectivity index (χ4v) is 6.10. The lowest BCUT2D eigenvalue weighted by Gasteiger charge is -2.33. The Morgan fingerprint density at radius 3 is 2.60 bits per heavy atom. The molecular formula is C27H28ClN5OS. The number of hydrogen-bond acceptors (Lipinski definition) is 4. The van der Waals surface area contributed by atoms with Crippen molar-refractivity contribution in [1.29, 1.82) is 5.41 Å². The van der Waals surface area contributed by atoms with Crippen LogP contribution in [0.4, 0.5) is 5.69 Å². The van der Waals surface area contributed by atoms with Crippen LogP contribution in [-0.4, -0.2) is 28.3 Å². The van der Waals surface area contributed by atoms with Crippen LogP contribution in [0.2, 0.25) is 4.34 Å². The van der Waals surface area contributed by atoms with Crippen LogP contribution in [0.5, 0.6) is 0 Å². The van der Waals surface area contributed by atoms with E-state index in [1.165, 1.54) is 11.3 Å². The number of amidine groups is 1. The molecule has 1 saturated heterocycles. The molecule has 0 saturated carbocycles. The largest absolute Gasteiger partial charge is 0.369 e. The van der Waals surface area contributed by atoms with E-state index in [0.717, 1.165) is 70.8 Å². The summed E-state index contributed by atoms with van der Waals surface area (Å²) < 4.78 is 0.708. The molecule has 4 N–H and O–H groups in total. The number of primary amides is 1. The smallest absolute Gasteiger partial charge is 0.232 e. The number of thiophene rings is 1. The Bertz CT molecular complexity index is 1390. The predicted octanol–water partition coefficient (Wildman–Crippen LogP) is 6.48. The van der Waals surface area contributed by atoms with Gasteiger partial charge in [-0.25, -0.2) is 4.98 Å². The summed E-state index contributed by atoms with van der Waals surface area (Å²) in [6.07, 6.45) is 4.32. The van der Waals surface area contributed by atoms with E-state index >= 15 is 0 Å². The third kappa shape index (κ3) is 4.23. The molecule has 1 amide bonds. The van der Waals surface area contributed by atoms with Gasteiger partial charge in [-0.1, -0.05) is 43.1 Å². The molecule has 0 aliphatic carbocycles. The van der Waals surface area contributed by atoms with Gasteiger partial charge in [-0.2, -0.15) is 0 Å². The number of amides is 1. The molecule has 2 aromatic carbocycles. The molecule has 8 heteroatoms. The first-order valence-electron chi connectivity index (χ1n) is 11.9. The maximum absolute atomic E-state index is 13.2. The average Bonchev–Trinajstić information content (AvgIpc) is 3.48. The SMILES string of the molecule is CCCC(C(N)=O)(c1ccc(N2CCCCC2=N)cc1)c1ccc2nc(-c3ccc(Cl)s3)[nH]c2c1. The molecule has 1 atom stereocenters. The van der Waals surface area contributed by atoms with Crippen molar-refractivity contribution in [1.82, 2.24) is 9.97 Å². The highest BCUT2D eigenvalue weighted by Crippen LogP contribution is 2.39. The summed E-state index contributed by atoms with van der Waals surface area (Å²) in [5.41, 5.74) is 9.54. The first kappa shape index (κ1) is 23.6. The van der Waals surface area contributed by atoms with Crippen LogP contribution in [0.1, 0.15) is 50.2 Å². The van der Waals surface area contributed by atoms with E-state index in [1.54, 1.807) is 0 Å². The van der Waals surface area contributed by atoms with Gasteiger partial charge in [-0.15, -0.1) is 11.3 Å². The average molecular weight is 506 g/mol. The first-order chi connectivity index (χ1) is 16.9.